The second-order valence-corrected chi connectivity index (χ2v) is 6.85. The molecule has 0 aromatic heterocycles. The van der Waals surface area contributed by atoms with Crippen molar-refractivity contribution in [3.63, 3.8) is 0 Å². The van der Waals surface area contributed by atoms with Gasteiger partial charge in [0.2, 0.25) is 11.8 Å². The Balaban J connectivity index is 2.84. The van der Waals surface area contributed by atoms with Gasteiger partial charge in [-0.3, -0.25) is 9.59 Å². The van der Waals surface area contributed by atoms with Gasteiger partial charge in [-0.1, -0.05) is 26.0 Å². The van der Waals surface area contributed by atoms with Gasteiger partial charge >= 0.3 is 0 Å². The molecule has 0 aliphatic carbocycles. The third kappa shape index (κ3) is 5.58. The summed E-state index contributed by atoms with van der Waals surface area (Å²) in [7, 11) is 0. The molecule has 2 amide bonds. The summed E-state index contributed by atoms with van der Waals surface area (Å²) in [6.45, 7) is 11.6. The highest BCUT2D eigenvalue weighted by Crippen LogP contribution is 2.27. The van der Waals surface area contributed by atoms with Crippen LogP contribution in [0.15, 0.2) is 24.3 Å². The molecular weight excluding hydrogens is 292 g/mol. The molecule has 0 fully saturated rings. The van der Waals surface area contributed by atoms with Gasteiger partial charge in [0.05, 0.1) is 11.8 Å². The van der Waals surface area contributed by atoms with Crippen molar-refractivity contribution in [2.75, 3.05) is 11.9 Å². The van der Waals surface area contributed by atoms with Gasteiger partial charge in [0.15, 0.2) is 0 Å². The van der Waals surface area contributed by atoms with Gasteiger partial charge in [-0.25, -0.2) is 0 Å². The van der Waals surface area contributed by atoms with Gasteiger partial charge in [-0.15, -0.1) is 0 Å². The molecule has 0 unspecified atom stereocenters. The minimum Gasteiger partial charge on any atom is -0.489 e. The Morgan fingerprint density at radius 1 is 1.09 bits per heavy atom. The van der Waals surface area contributed by atoms with Crippen molar-refractivity contribution < 1.29 is 14.3 Å². The molecule has 1 aromatic carbocycles. The molecule has 1 aromatic rings. The van der Waals surface area contributed by atoms with Crippen LogP contribution in [0, 0.1) is 11.3 Å². The highest BCUT2D eigenvalue weighted by molar-refractivity contribution is 6.10. The maximum Gasteiger partial charge on any atom is 0.239 e. The molecule has 0 saturated carbocycles. The smallest absolute Gasteiger partial charge is 0.239 e. The third-order valence-corrected chi connectivity index (χ3v) is 3.30. The first kappa shape index (κ1) is 19.0. The van der Waals surface area contributed by atoms with Crippen molar-refractivity contribution >= 4 is 17.5 Å². The third-order valence-electron chi connectivity index (χ3n) is 3.30. The van der Waals surface area contributed by atoms with Crippen LogP contribution in [0.25, 0.3) is 0 Å². The number of hydrogen-bond acceptors (Lipinski definition) is 3. The summed E-state index contributed by atoms with van der Waals surface area (Å²) in [4.78, 5) is 24.8. The van der Waals surface area contributed by atoms with Crippen LogP contribution < -0.4 is 15.4 Å². The lowest BCUT2D eigenvalue weighted by Gasteiger charge is -2.24. The topological polar surface area (TPSA) is 67.4 Å². The Bertz CT molecular complexity index is 551. The average molecular weight is 320 g/mol. The van der Waals surface area contributed by atoms with Crippen LogP contribution in [-0.4, -0.2) is 24.5 Å². The molecule has 2 N–H and O–H groups in total. The zero-order valence-electron chi connectivity index (χ0n) is 14.9. The summed E-state index contributed by atoms with van der Waals surface area (Å²) in [6, 6.07) is 7.21. The van der Waals surface area contributed by atoms with Crippen LogP contribution in [0.2, 0.25) is 0 Å². The summed E-state index contributed by atoms with van der Waals surface area (Å²) in [5.74, 6) is 0.275. The first-order valence-corrected chi connectivity index (χ1v) is 8.00. The van der Waals surface area contributed by atoms with Crippen molar-refractivity contribution in [1.82, 2.24) is 5.32 Å². The Morgan fingerprint density at radius 3 is 2.26 bits per heavy atom. The van der Waals surface area contributed by atoms with E-state index in [2.05, 4.69) is 10.6 Å². The number of ether oxygens (including phenoxy) is 1. The van der Waals surface area contributed by atoms with Crippen LogP contribution in [-0.2, 0) is 9.59 Å². The van der Waals surface area contributed by atoms with Crippen LogP contribution >= 0.6 is 0 Å². The molecule has 5 nitrogen and oxygen atoms in total. The lowest BCUT2D eigenvalue weighted by Crippen LogP contribution is -2.46. The van der Waals surface area contributed by atoms with E-state index < -0.39 is 5.41 Å². The fourth-order valence-corrected chi connectivity index (χ4v) is 1.83. The first-order chi connectivity index (χ1) is 10.6. The number of para-hydroxylation sites is 2. The molecule has 23 heavy (non-hydrogen) atoms. The number of amides is 2. The van der Waals surface area contributed by atoms with Crippen LogP contribution in [0.3, 0.4) is 0 Å². The number of carbonyl (C=O) groups excluding carboxylic acids is 2. The van der Waals surface area contributed by atoms with Crippen molar-refractivity contribution in [2.24, 2.45) is 11.3 Å². The molecule has 0 saturated heterocycles. The minimum atomic E-state index is -1.17. The SMILES string of the molecule is CC(C)CNC(=O)C(C)(C)C(=O)Nc1ccccc1OC(C)C. The van der Waals surface area contributed by atoms with Gasteiger partial charge in [0, 0.05) is 6.54 Å². The van der Waals surface area contributed by atoms with E-state index >= 15 is 0 Å². The lowest BCUT2D eigenvalue weighted by atomic mass is 9.90. The maximum atomic E-state index is 12.5. The van der Waals surface area contributed by atoms with E-state index in [1.807, 2.05) is 39.8 Å². The molecule has 0 aliphatic heterocycles. The Morgan fingerprint density at radius 2 is 1.70 bits per heavy atom. The highest BCUT2D eigenvalue weighted by Gasteiger charge is 2.36. The van der Waals surface area contributed by atoms with E-state index in [-0.39, 0.29) is 17.9 Å². The van der Waals surface area contributed by atoms with Crippen molar-refractivity contribution in [3.05, 3.63) is 24.3 Å². The van der Waals surface area contributed by atoms with E-state index in [4.69, 9.17) is 4.74 Å². The number of carbonyl (C=O) groups is 2. The van der Waals surface area contributed by atoms with Crippen LogP contribution in [0.5, 0.6) is 5.75 Å². The number of hydrogen-bond donors (Lipinski definition) is 2. The van der Waals surface area contributed by atoms with Crippen LogP contribution in [0.4, 0.5) is 5.69 Å². The summed E-state index contributed by atoms with van der Waals surface area (Å²) in [5, 5.41) is 5.60. The van der Waals surface area contributed by atoms with E-state index in [0.717, 1.165) is 0 Å². The van der Waals surface area contributed by atoms with E-state index in [0.29, 0.717) is 23.9 Å². The summed E-state index contributed by atoms with van der Waals surface area (Å²) >= 11 is 0. The number of benzene rings is 1. The monoisotopic (exact) mass is 320 g/mol. The van der Waals surface area contributed by atoms with Gasteiger partial charge in [-0.2, -0.15) is 0 Å². The Hall–Kier alpha value is -2.04. The van der Waals surface area contributed by atoms with E-state index in [1.165, 1.54) is 0 Å². The number of rotatable bonds is 7. The molecular formula is C18H28N2O3. The highest BCUT2D eigenvalue weighted by atomic mass is 16.5. The molecule has 0 spiro atoms. The van der Waals surface area contributed by atoms with Crippen molar-refractivity contribution in [3.8, 4) is 5.75 Å². The van der Waals surface area contributed by atoms with Gasteiger partial charge in [0.25, 0.3) is 0 Å². The van der Waals surface area contributed by atoms with E-state index in [9.17, 15) is 9.59 Å². The predicted octanol–water partition coefficient (Wildman–Crippen LogP) is 3.21. The lowest BCUT2D eigenvalue weighted by molar-refractivity contribution is -0.138. The molecule has 128 valence electrons. The fourth-order valence-electron chi connectivity index (χ4n) is 1.83. The Kier molecular flexibility index (Phi) is 6.61. The van der Waals surface area contributed by atoms with Gasteiger partial charge < -0.3 is 15.4 Å². The van der Waals surface area contributed by atoms with Crippen LogP contribution in [0.1, 0.15) is 41.5 Å². The quantitative estimate of drug-likeness (QED) is 0.758. The second kappa shape index (κ2) is 7.99. The largest absolute Gasteiger partial charge is 0.489 e. The number of anilines is 1. The van der Waals surface area contributed by atoms with Gasteiger partial charge in [0.1, 0.15) is 11.2 Å². The fraction of sp³-hybridized carbons (Fsp3) is 0.556. The standard InChI is InChI=1S/C18H28N2O3/c1-12(2)11-19-16(21)18(5,6)17(22)20-14-9-7-8-10-15(14)23-13(3)4/h7-10,12-13H,11H2,1-6H3,(H,19,21)(H,20,22). The average Bonchev–Trinajstić information content (AvgIpc) is 2.45. The molecule has 0 radical (unpaired) electrons. The summed E-state index contributed by atoms with van der Waals surface area (Å²) in [6.07, 6.45) is -0.00426. The van der Waals surface area contributed by atoms with E-state index in [1.54, 1.807) is 26.0 Å². The number of nitrogens with one attached hydrogen (secondary N) is 2. The zero-order chi connectivity index (χ0) is 17.6. The second-order valence-electron chi connectivity index (χ2n) is 6.85. The summed E-state index contributed by atoms with van der Waals surface area (Å²) in [5.41, 5.74) is -0.601. The molecule has 0 bridgehead atoms. The maximum absolute atomic E-state index is 12.5. The molecule has 0 heterocycles. The molecule has 0 aliphatic rings. The minimum absolute atomic E-state index is 0.00426. The van der Waals surface area contributed by atoms with Crippen molar-refractivity contribution in [1.29, 1.82) is 0 Å². The molecule has 0 atom stereocenters. The zero-order valence-corrected chi connectivity index (χ0v) is 14.9. The molecule has 5 heteroatoms. The summed E-state index contributed by atoms with van der Waals surface area (Å²) < 4.78 is 5.68. The normalized spacial score (nSPS) is 11.5. The van der Waals surface area contributed by atoms with Gasteiger partial charge in [-0.05, 0) is 45.7 Å². The predicted molar refractivity (Wildman–Crippen MR) is 92.5 cm³/mol. The Labute approximate surface area is 138 Å². The molecule has 1 rings (SSSR count). The first-order valence-electron chi connectivity index (χ1n) is 8.00. The van der Waals surface area contributed by atoms with Crippen molar-refractivity contribution in [2.45, 2.75) is 47.6 Å².